The highest BCUT2D eigenvalue weighted by atomic mass is 32.1. The van der Waals surface area contributed by atoms with Crippen LogP contribution in [0.25, 0.3) is 0 Å². The van der Waals surface area contributed by atoms with Crippen LogP contribution in [0.15, 0.2) is 36.6 Å². The average Bonchev–Trinajstić information content (AvgIpc) is 3.02. The number of amides is 3. The maximum atomic E-state index is 12.6. The number of aliphatic hydroxyl groups excluding tert-OH is 2. The molecular formula is C34H70N6O5S2. The van der Waals surface area contributed by atoms with Crippen LogP contribution >= 0.6 is 25.3 Å². The van der Waals surface area contributed by atoms with Gasteiger partial charge in [0.25, 0.3) is 0 Å². The molecule has 0 saturated carbocycles. The summed E-state index contributed by atoms with van der Waals surface area (Å²) in [4.78, 5) is 36.0. The molecule has 0 aromatic rings. The third-order valence-corrected chi connectivity index (χ3v) is 7.99. The Morgan fingerprint density at radius 1 is 0.702 bits per heavy atom. The second-order valence-electron chi connectivity index (χ2n) is 11.8. The lowest BCUT2D eigenvalue weighted by Crippen LogP contribution is -2.56. The molecule has 0 fully saturated rings. The zero-order valence-corrected chi connectivity index (χ0v) is 32.4. The van der Waals surface area contributed by atoms with E-state index in [0.717, 1.165) is 48.7 Å². The fourth-order valence-corrected chi connectivity index (χ4v) is 4.06. The van der Waals surface area contributed by atoms with E-state index in [1.54, 1.807) is 20.8 Å². The van der Waals surface area contributed by atoms with Crippen LogP contribution in [0.2, 0.25) is 0 Å². The number of nitrogens with two attached hydrogens (primary N) is 2. The Bertz CT molecular complexity index is 902. The molecule has 4 atom stereocenters. The first-order valence-electron chi connectivity index (χ1n) is 16.4. The van der Waals surface area contributed by atoms with E-state index in [1.807, 2.05) is 34.6 Å². The molecule has 0 aromatic carbocycles. The molecule has 11 nitrogen and oxygen atoms in total. The summed E-state index contributed by atoms with van der Waals surface area (Å²) in [6.07, 6.45) is 2.78. The molecule has 0 aromatic heterocycles. The fraction of sp³-hybridized carbons (Fsp3) is 0.735. The van der Waals surface area contributed by atoms with E-state index >= 15 is 0 Å². The minimum absolute atomic E-state index is 0.125. The monoisotopic (exact) mass is 706 g/mol. The number of allylic oxidation sites excluding steroid dienone is 1. The van der Waals surface area contributed by atoms with Crippen LogP contribution < -0.4 is 32.7 Å². The van der Waals surface area contributed by atoms with Crippen molar-refractivity contribution >= 4 is 43.0 Å². The number of hydrogen-bond acceptors (Lipinski definition) is 10. The zero-order chi connectivity index (χ0) is 37.6. The van der Waals surface area contributed by atoms with E-state index in [0.29, 0.717) is 37.9 Å². The van der Waals surface area contributed by atoms with Gasteiger partial charge in [-0.05, 0) is 104 Å². The molecule has 13 heteroatoms. The summed E-state index contributed by atoms with van der Waals surface area (Å²) in [6.45, 7) is 28.3. The zero-order valence-electron chi connectivity index (χ0n) is 30.6. The van der Waals surface area contributed by atoms with Gasteiger partial charge in [0.1, 0.15) is 0 Å². The van der Waals surface area contributed by atoms with Crippen LogP contribution in [0, 0.1) is 10.8 Å². The SMILES string of the molecule is C=C(C)C(=C)NCCCN.C=C(C)C(=O)NCC(C)O.CCC(C)(C(=O)NCCCN)C(C)(CC)C(=O)NCC(C)O.SCCCS. The molecule has 0 aliphatic rings. The minimum Gasteiger partial charge on any atom is -0.392 e. The Morgan fingerprint density at radius 3 is 1.38 bits per heavy atom. The summed E-state index contributed by atoms with van der Waals surface area (Å²) < 4.78 is 0. The van der Waals surface area contributed by atoms with Gasteiger partial charge in [-0.15, -0.1) is 0 Å². The van der Waals surface area contributed by atoms with Crippen molar-refractivity contribution in [2.45, 2.75) is 99.7 Å². The van der Waals surface area contributed by atoms with Crippen molar-refractivity contribution in [3.05, 3.63) is 36.6 Å². The second-order valence-corrected chi connectivity index (χ2v) is 12.7. The van der Waals surface area contributed by atoms with E-state index < -0.39 is 23.0 Å². The Labute approximate surface area is 297 Å². The summed E-state index contributed by atoms with van der Waals surface area (Å²) in [7, 11) is 0. The average molecular weight is 707 g/mol. The topological polar surface area (TPSA) is 192 Å². The highest BCUT2D eigenvalue weighted by Crippen LogP contribution is 2.45. The van der Waals surface area contributed by atoms with E-state index in [2.05, 4.69) is 66.3 Å². The molecule has 0 heterocycles. The van der Waals surface area contributed by atoms with Crippen LogP contribution in [0.5, 0.6) is 0 Å². The fourth-order valence-electron chi connectivity index (χ4n) is 3.49. The molecule has 0 aliphatic carbocycles. The largest absolute Gasteiger partial charge is 0.392 e. The summed E-state index contributed by atoms with van der Waals surface area (Å²) in [5, 5.41) is 29.3. The van der Waals surface area contributed by atoms with Gasteiger partial charge in [-0.2, -0.15) is 25.3 Å². The summed E-state index contributed by atoms with van der Waals surface area (Å²) >= 11 is 7.90. The quantitative estimate of drug-likeness (QED) is 0.0395. The highest BCUT2D eigenvalue weighted by Gasteiger charge is 2.52. The van der Waals surface area contributed by atoms with Crippen molar-refractivity contribution < 1.29 is 24.6 Å². The molecule has 0 rings (SSSR count). The molecule has 0 saturated heterocycles. The molecule has 0 aliphatic heterocycles. The Morgan fingerprint density at radius 2 is 1.09 bits per heavy atom. The standard InChI is InChI=1S/C16H33N3O3.C8H16N2.C7H13NO2.C3H8S2/c1-6-15(4,13(21)18-10-8-9-17)16(5,7-2)14(22)19-11-12(3)20;1-7(2)8(3)10-6-4-5-9;1-5(2)7(10)8-4-6(3)9;4-2-1-3-5/h12,20H,6-11,17H2,1-5H3,(H,18,21)(H,19,22);10H,1,3-6,9H2,2H3;6,9H,1,4H2,2-3H3,(H,8,10);4-5H,1-3H2. The number of carbonyl (C=O) groups is 3. The van der Waals surface area contributed by atoms with Gasteiger partial charge in [0.15, 0.2) is 0 Å². The minimum atomic E-state index is -0.844. The summed E-state index contributed by atoms with van der Waals surface area (Å²) in [5.74, 6) is 1.39. The van der Waals surface area contributed by atoms with Gasteiger partial charge in [0, 0.05) is 37.4 Å². The predicted octanol–water partition coefficient (Wildman–Crippen LogP) is 3.09. The smallest absolute Gasteiger partial charge is 0.246 e. The van der Waals surface area contributed by atoms with E-state index in [4.69, 9.17) is 16.6 Å². The highest BCUT2D eigenvalue weighted by molar-refractivity contribution is 7.81. The normalized spacial score (nSPS) is 13.8. The van der Waals surface area contributed by atoms with Crippen molar-refractivity contribution in [3.63, 3.8) is 0 Å². The van der Waals surface area contributed by atoms with Crippen LogP contribution in [0.4, 0.5) is 0 Å². The van der Waals surface area contributed by atoms with Crippen LogP contribution in [-0.2, 0) is 14.4 Å². The lowest BCUT2D eigenvalue weighted by atomic mass is 9.61. The summed E-state index contributed by atoms with van der Waals surface area (Å²) in [5.41, 5.74) is 11.4. The van der Waals surface area contributed by atoms with Crippen molar-refractivity contribution in [2.24, 2.45) is 22.3 Å². The molecule has 3 amide bonds. The van der Waals surface area contributed by atoms with Crippen molar-refractivity contribution in [3.8, 4) is 0 Å². The van der Waals surface area contributed by atoms with Crippen molar-refractivity contribution in [1.82, 2.24) is 21.3 Å². The number of carbonyl (C=O) groups excluding carboxylic acids is 3. The van der Waals surface area contributed by atoms with Gasteiger partial charge in [-0.1, -0.05) is 33.6 Å². The molecule has 4 unspecified atom stereocenters. The van der Waals surface area contributed by atoms with Crippen molar-refractivity contribution in [2.75, 3.05) is 50.8 Å². The molecular weight excluding hydrogens is 637 g/mol. The Balaban J connectivity index is -0.000000306. The molecule has 10 N–H and O–H groups in total. The number of thiol groups is 2. The van der Waals surface area contributed by atoms with Gasteiger partial charge in [0.2, 0.25) is 17.7 Å². The molecule has 0 spiro atoms. The lowest BCUT2D eigenvalue weighted by Gasteiger charge is -2.43. The van der Waals surface area contributed by atoms with Gasteiger partial charge in [-0.25, -0.2) is 0 Å². The van der Waals surface area contributed by atoms with Crippen molar-refractivity contribution in [1.29, 1.82) is 0 Å². The van der Waals surface area contributed by atoms with Gasteiger partial charge < -0.3 is 42.9 Å². The Hall–Kier alpha value is -2.03. The third-order valence-electron chi connectivity index (χ3n) is 7.36. The molecule has 0 bridgehead atoms. The lowest BCUT2D eigenvalue weighted by molar-refractivity contribution is -0.151. The van der Waals surface area contributed by atoms with E-state index in [-0.39, 0.29) is 30.8 Å². The maximum absolute atomic E-state index is 12.6. The molecule has 47 heavy (non-hydrogen) atoms. The molecule has 278 valence electrons. The first-order chi connectivity index (χ1) is 21.8. The van der Waals surface area contributed by atoms with Crippen LogP contribution in [-0.4, -0.2) is 90.9 Å². The van der Waals surface area contributed by atoms with E-state index in [1.165, 1.54) is 0 Å². The number of nitrogens with one attached hydrogen (secondary N) is 4. The van der Waals surface area contributed by atoms with E-state index in [9.17, 15) is 19.5 Å². The molecule has 0 radical (unpaired) electrons. The predicted molar refractivity (Wildman–Crippen MR) is 206 cm³/mol. The number of hydrogen-bond donors (Lipinski definition) is 10. The van der Waals surface area contributed by atoms with Gasteiger partial charge >= 0.3 is 0 Å². The first kappa shape index (κ1) is 51.8. The first-order valence-corrected chi connectivity index (χ1v) is 17.7. The summed E-state index contributed by atoms with van der Waals surface area (Å²) in [6, 6.07) is 0. The second kappa shape index (κ2) is 31.3. The van der Waals surface area contributed by atoms with Crippen LogP contribution in [0.3, 0.4) is 0 Å². The van der Waals surface area contributed by atoms with Gasteiger partial charge in [-0.3, -0.25) is 14.4 Å². The number of aliphatic hydroxyl groups is 2. The maximum Gasteiger partial charge on any atom is 0.246 e. The Kier molecular flexibility index (Phi) is 34.4. The van der Waals surface area contributed by atoms with Gasteiger partial charge in [0.05, 0.1) is 23.0 Å². The van der Waals surface area contributed by atoms with Crippen LogP contribution in [0.1, 0.15) is 87.5 Å². The number of rotatable bonds is 20. The third kappa shape index (κ3) is 25.6.